The third kappa shape index (κ3) is 3.85. The summed E-state index contributed by atoms with van der Waals surface area (Å²) in [5, 5.41) is 23.0. The highest BCUT2D eigenvalue weighted by Crippen LogP contribution is 2.38. The molecule has 2 saturated heterocycles. The Hall–Kier alpha value is -2.08. The van der Waals surface area contributed by atoms with Crippen LogP contribution in [0.2, 0.25) is 0 Å². The largest absolute Gasteiger partial charge is 0.378 e. The fourth-order valence-corrected chi connectivity index (χ4v) is 3.44. The summed E-state index contributed by atoms with van der Waals surface area (Å²) in [6, 6.07) is 0. The minimum atomic E-state index is -1.48. The van der Waals surface area contributed by atoms with Crippen LogP contribution in [-0.4, -0.2) is 59.2 Å². The molecule has 2 aliphatic rings. The maximum atomic E-state index is 11.7. The van der Waals surface area contributed by atoms with Crippen LogP contribution < -0.4 is 9.80 Å². The van der Waals surface area contributed by atoms with Gasteiger partial charge < -0.3 is 14.5 Å². The second-order valence-corrected chi connectivity index (χ2v) is 6.97. The second kappa shape index (κ2) is 8.08. The molecule has 0 spiro atoms. The lowest BCUT2D eigenvalue weighted by atomic mass is 10.1. The highest BCUT2D eigenvalue weighted by molar-refractivity contribution is 9.09. The third-order valence-electron chi connectivity index (χ3n) is 4.42. The highest BCUT2D eigenvalue weighted by Gasteiger charge is 2.38. The molecule has 0 saturated carbocycles. The quantitative estimate of drug-likeness (QED) is 0.297. The summed E-state index contributed by atoms with van der Waals surface area (Å²) < 4.78 is 5.31. The third-order valence-corrected chi connectivity index (χ3v) is 5.19. The molecule has 1 aromatic rings. The van der Waals surface area contributed by atoms with E-state index in [1.807, 2.05) is 9.80 Å². The van der Waals surface area contributed by atoms with Crippen LogP contribution in [0.1, 0.15) is 29.9 Å². The molecule has 1 atom stereocenters. The Morgan fingerprint density at radius 2 is 1.65 bits per heavy atom. The van der Waals surface area contributed by atoms with Crippen molar-refractivity contribution in [1.29, 1.82) is 0 Å². The number of aromatic nitrogens is 2. The SMILES string of the molecule is O=[N+]([O-])c1c(C(Br)[N+](=O)[O-])nc(N2CCOCC2)nc1N1CCCCC1. The molecule has 0 N–H and O–H groups in total. The number of nitrogens with zero attached hydrogens (tertiary/aromatic N) is 6. The van der Waals surface area contributed by atoms with Gasteiger partial charge in [0.05, 0.1) is 18.1 Å². The standard InChI is InChI=1S/C14H19BrN6O5/c15-12(21(24)25)10-11(20(22)23)13(18-4-2-1-3-5-18)17-14(16-10)19-6-8-26-9-7-19/h12H,1-9H2. The minimum Gasteiger partial charge on any atom is -0.378 e. The van der Waals surface area contributed by atoms with Gasteiger partial charge in [-0.1, -0.05) is 0 Å². The lowest BCUT2D eigenvalue weighted by Gasteiger charge is -2.30. The molecule has 142 valence electrons. The number of hydrogen-bond acceptors (Lipinski definition) is 9. The summed E-state index contributed by atoms with van der Waals surface area (Å²) in [6.45, 7) is 3.30. The van der Waals surface area contributed by atoms with Crippen LogP contribution in [0, 0.1) is 20.2 Å². The van der Waals surface area contributed by atoms with Gasteiger partial charge >= 0.3 is 10.6 Å². The van der Waals surface area contributed by atoms with E-state index in [9.17, 15) is 20.2 Å². The van der Waals surface area contributed by atoms with Gasteiger partial charge in [-0.25, -0.2) is 4.98 Å². The summed E-state index contributed by atoms with van der Waals surface area (Å²) in [6.07, 6.45) is 2.85. The molecule has 0 bridgehead atoms. The van der Waals surface area contributed by atoms with E-state index >= 15 is 0 Å². The van der Waals surface area contributed by atoms with Crippen molar-refractivity contribution in [3.05, 3.63) is 25.9 Å². The zero-order valence-corrected chi connectivity index (χ0v) is 15.6. The van der Waals surface area contributed by atoms with Crippen LogP contribution >= 0.6 is 15.9 Å². The Bertz CT molecular complexity index is 693. The number of halogens is 1. The van der Waals surface area contributed by atoms with Crippen LogP contribution in [0.3, 0.4) is 0 Å². The van der Waals surface area contributed by atoms with Gasteiger partial charge in [0.2, 0.25) is 17.5 Å². The van der Waals surface area contributed by atoms with E-state index in [1.165, 1.54) is 0 Å². The Labute approximate surface area is 157 Å². The first-order valence-electron chi connectivity index (χ1n) is 8.40. The number of piperidine rings is 1. The first-order valence-corrected chi connectivity index (χ1v) is 9.32. The monoisotopic (exact) mass is 430 g/mol. The summed E-state index contributed by atoms with van der Waals surface area (Å²) in [4.78, 5) is 32.6. The van der Waals surface area contributed by atoms with E-state index in [0.29, 0.717) is 39.4 Å². The van der Waals surface area contributed by atoms with Crippen molar-refractivity contribution in [2.45, 2.75) is 24.2 Å². The number of rotatable bonds is 5. The molecule has 1 unspecified atom stereocenters. The van der Waals surface area contributed by atoms with E-state index in [2.05, 4.69) is 25.9 Å². The summed E-state index contributed by atoms with van der Waals surface area (Å²) >= 11 is 2.93. The Morgan fingerprint density at radius 3 is 2.23 bits per heavy atom. The first-order chi connectivity index (χ1) is 12.5. The van der Waals surface area contributed by atoms with Gasteiger partial charge in [0.15, 0.2) is 0 Å². The van der Waals surface area contributed by atoms with Crippen molar-refractivity contribution in [2.75, 3.05) is 49.2 Å². The molecule has 2 fully saturated rings. The van der Waals surface area contributed by atoms with Gasteiger partial charge in [-0.3, -0.25) is 20.2 Å². The van der Waals surface area contributed by atoms with Gasteiger partial charge in [-0.05, 0) is 19.3 Å². The van der Waals surface area contributed by atoms with E-state index in [1.54, 1.807) is 0 Å². The van der Waals surface area contributed by atoms with Gasteiger partial charge in [0.1, 0.15) is 0 Å². The zero-order chi connectivity index (χ0) is 18.7. The topological polar surface area (TPSA) is 128 Å². The molecule has 11 nitrogen and oxygen atoms in total. The molecule has 0 aliphatic carbocycles. The average Bonchev–Trinajstić information content (AvgIpc) is 2.67. The molecular formula is C14H19BrN6O5. The van der Waals surface area contributed by atoms with E-state index in [4.69, 9.17) is 4.74 Å². The number of hydrogen-bond donors (Lipinski definition) is 0. The summed E-state index contributed by atoms with van der Waals surface area (Å²) in [7, 11) is 0. The molecule has 0 amide bonds. The van der Waals surface area contributed by atoms with Gasteiger partial charge in [0.25, 0.3) is 0 Å². The highest BCUT2D eigenvalue weighted by atomic mass is 79.9. The van der Waals surface area contributed by atoms with Crippen LogP contribution in [0.4, 0.5) is 17.5 Å². The Balaban J connectivity index is 2.12. The molecule has 26 heavy (non-hydrogen) atoms. The van der Waals surface area contributed by atoms with Gasteiger partial charge in [-0.2, -0.15) is 4.98 Å². The van der Waals surface area contributed by atoms with Crippen molar-refractivity contribution in [2.24, 2.45) is 0 Å². The van der Waals surface area contributed by atoms with Crippen LogP contribution in [0.25, 0.3) is 0 Å². The molecule has 1 aromatic heterocycles. The zero-order valence-electron chi connectivity index (χ0n) is 14.0. The molecule has 2 aliphatic heterocycles. The maximum absolute atomic E-state index is 11.7. The van der Waals surface area contributed by atoms with Crippen molar-refractivity contribution in [3.8, 4) is 0 Å². The predicted molar refractivity (Wildman–Crippen MR) is 96.4 cm³/mol. The van der Waals surface area contributed by atoms with E-state index in [0.717, 1.165) is 19.3 Å². The molecule has 3 rings (SSSR count). The minimum absolute atomic E-state index is 0.160. The van der Waals surface area contributed by atoms with Crippen molar-refractivity contribution in [3.63, 3.8) is 0 Å². The average molecular weight is 431 g/mol. The number of ether oxygens (including phenoxy) is 1. The maximum Gasteiger partial charge on any atom is 0.341 e. The van der Waals surface area contributed by atoms with E-state index in [-0.39, 0.29) is 17.5 Å². The predicted octanol–water partition coefficient (Wildman–Crippen LogP) is 1.88. The van der Waals surface area contributed by atoms with Crippen molar-refractivity contribution in [1.82, 2.24) is 9.97 Å². The fraction of sp³-hybridized carbons (Fsp3) is 0.714. The first kappa shape index (κ1) is 18.7. The number of morpholine rings is 1. The molecule has 0 aromatic carbocycles. The number of alkyl halides is 1. The normalized spacial score (nSPS) is 19.3. The Morgan fingerprint density at radius 1 is 1.00 bits per heavy atom. The molecular weight excluding hydrogens is 412 g/mol. The van der Waals surface area contributed by atoms with Gasteiger partial charge in [0, 0.05) is 47.0 Å². The van der Waals surface area contributed by atoms with Crippen LogP contribution in [0.15, 0.2) is 0 Å². The smallest absolute Gasteiger partial charge is 0.341 e. The number of nitro groups is 2. The summed E-state index contributed by atoms with van der Waals surface area (Å²) in [5.41, 5.74) is -0.625. The number of anilines is 2. The van der Waals surface area contributed by atoms with Crippen molar-refractivity contribution >= 4 is 33.4 Å². The lowest BCUT2D eigenvalue weighted by molar-refractivity contribution is -0.500. The Kier molecular flexibility index (Phi) is 5.81. The van der Waals surface area contributed by atoms with Gasteiger partial charge in [-0.15, -0.1) is 0 Å². The lowest BCUT2D eigenvalue weighted by Crippen LogP contribution is -2.38. The van der Waals surface area contributed by atoms with Crippen molar-refractivity contribution < 1.29 is 14.6 Å². The van der Waals surface area contributed by atoms with E-state index < -0.39 is 20.5 Å². The van der Waals surface area contributed by atoms with Crippen LogP contribution in [0.5, 0.6) is 0 Å². The summed E-state index contributed by atoms with van der Waals surface area (Å²) in [5.74, 6) is 0.424. The molecule has 3 heterocycles. The molecule has 12 heteroatoms. The molecule has 0 radical (unpaired) electrons. The second-order valence-electron chi connectivity index (χ2n) is 6.11. The fourth-order valence-electron chi connectivity index (χ4n) is 3.12. The van der Waals surface area contributed by atoms with Crippen LogP contribution in [-0.2, 0) is 4.74 Å².